The van der Waals surface area contributed by atoms with E-state index in [1.165, 1.54) is 0 Å². The average molecular weight is 524 g/mol. The van der Waals surface area contributed by atoms with Crippen molar-refractivity contribution in [1.29, 1.82) is 0 Å². The summed E-state index contributed by atoms with van der Waals surface area (Å²) in [5.74, 6) is -3.29. The molecule has 0 radical (unpaired) electrons. The van der Waals surface area contributed by atoms with Gasteiger partial charge in [0.15, 0.2) is 5.78 Å². The molecule has 202 valence electrons. The van der Waals surface area contributed by atoms with E-state index >= 15 is 0 Å². The van der Waals surface area contributed by atoms with Crippen molar-refractivity contribution in [2.75, 3.05) is 6.67 Å². The van der Waals surface area contributed by atoms with E-state index in [0.717, 1.165) is 16.6 Å². The molecule has 3 rings (SSSR count). The maximum absolute atomic E-state index is 13.5. The molecule has 0 aliphatic rings. The fraction of sp³-hybridized carbons (Fsp3) is 0.379. The first-order chi connectivity index (χ1) is 17.9. The van der Waals surface area contributed by atoms with Gasteiger partial charge in [0.25, 0.3) is 5.91 Å². The normalized spacial score (nSPS) is 13.1. The van der Waals surface area contributed by atoms with E-state index in [9.17, 15) is 23.6 Å². The number of carbonyl (C=O) groups is 4. The van der Waals surface area contributed by atoms with Crippen LogP contribution in [0.25, 0.3) is 16.6 Å². The molecule has 0 saturated heterocycles. The summed E-state index contributed by atoms with van der Waals surface area (Å²) in [5.41, 5.74) is 1.10. The number of carbonyl (C=O) groups excluding carboxylic acids is 4. The summed E-state index contributed by atoms with van der Waals surface area (Å²) in [6, 6.07) is 16.2. The second kappa shape index (κ2) is 12.0. The van der Waals surface area contributed by atoms with Crippen molar-refractivity contribution in [2.45, 2.75) is 58.7 Å². The van der Waals surface area contributed by atoms with Gasteiger partial charge in [-0.3, -0.25) is 19.2 Å². The molecule has 2 N–H and O–H groups in total. The minimum Gasteiger partial charge on any atom is -0.460 e. The molecule has 2 atom stereocenters. The molecular weight excluding hydrogens is 489 g/mol. The molecule has 38 heavy (non-hydrogen) atoms. The molecule has 1 aromatic heterocycles. The fourth-order valence-corrected chi connectivity index (χ4v) is 4.08. The Balaban J connectivity index is 1.86. The lowest BCUT2D eigenvalue weighted by Crippen LogP contribution is -2.54. The molecule has 8 nitrogen and oxygen atoms in total. The first-order valence-corrected chi connectivity index (χ1v) is 12.5. The number of benzene rings is 2. The predicted molar refractivity (Wildman–Crippen MR) is 143 cm³/mol. The summed E-state index contributed by atoms with van der Waals surface area (Å²) in [6.07, 6.45) is -0.521. The van der Waals surface area contributed by atoms with Crippen LogP contribution in [0.3, 0.4) is 0 Å². The Hall–Kier alpha value is -4.01. The van der Waals surface area contributed by atoms with Crippen molar-refractivity contribution in [2.24, 2.45) is 5.92 Å². The quantitative estimate of drug-likeness (QED) is 0.389. The highest BCUT2D eigenvalue weighted by molar-refractivity contribution is 6.02. The van der Waals surface area contributed by atoms with Gasteiger partial charge in [-0.1, -0.05) is 50.2 Å². The summed E-state index contributed by atoms with van der Waals surface area (Å²) in [4.78, 5) is 51.2. The number of halogens is 1. The number of nitrogens with zero attached hydrogens (tertiary/aromatic N) is 1. The molecule has 2 aromatic carbocycles. The van der Waals surface area contributed by atoms with Gasteiger partial charge < -0.3 is 19.9 Å². The number of amides is 2. The topological polar surface area (TPSA) is 106 Å². The zero-order chi connectivity index (χ0) is 28.0. The second-order valence-corrected chi connectivity index (χ2v) is 10.4. The lowest BCUT2D eigenvalue weighted by Gasteiger charge is -2.26. The minimum atomic E-state index is -1.42. The third kappa shape index (κ3) is 7.06. The molecule has 2 amide bonds. The molecule has 0 saturated carbocycles. The minimum absolute atomic E-state index is 0.320. The summed E-state index contributed by atoms with van der Waals surface area (Å²) < 4.78 is 20.3. The summed E-state index contributed by atoms with van der Waals surface area (Å²) in [7, 11) is 0. The number of ether oxygens (including phenoxy) is 1. The molecule has 3 aromatic rings. The standard InChI is InChI=1S/C29H34FN3O5/c1-18(2)26(28(37)31-21(24(34)17-30)16-25(35)38-29(3,4)5)32-27(36)23-15-19-11-9-10-14-22(19)33(23)20-12-7-6-8-13-20/h6-15,18,21,26H,16-17H2,1-5H3,(H,31,37)(H,32,36)/t21?,26-/m0/s1. The van der Waals surface area contributed by atoms with Crippen LogP contribution in [0.1, 0.15) is 51.5 Å². The van der Waals surface area contributed by atoms with Crippen LogP contribution in [0.15, 0.2) is 60.7 Å². The summed E-state index contributed by atoms with van der Waals surface area (Å²) in [6.45, 7) is 7.09. The number of hydrogen-bond acceptors (Lipinski definition) is 5. The van der Waals surface area contributed by atoms with Crippen LogP contribution in [0, 0.1) is 5.92 Å². The third-order valence-electron chi connectivity index (χ3n) is 5.82. The third-order valence-corrected chi connectivity index (χ3v) is 5.82. The molecule has 0 spiro atoms. The zero-order valence-corrected chi connectivity index (χ0v) is 22.3. The number of para-hydroxylation sites is 2. The Bertz CT molecular complexity index is 1310. The number of nitrogens with one attached hydrogen (secondary N) is 2. The van der Waals surface area contributed by atoms with Crippen molar-refractivity contribution in [3.05, 3.63) is 66.4 Å². The first-order valence-electron chi connectivity index (χ1n) is 12.5. The van der Waals surface area contributed by atoms with E-state index < -0.39 is 54.3 Å². The van der Waals surface area contributed by atoms with Crippen molar-refractivity contribution in [3.8, 4) is 5.69 Å². The average Bonchev–Trinajstić information content (AvgIpc) is 3.25. The maximum atomic E-state index is 13.5. The largest absolute Gasteiger partial charge is 0.460 e. The van der Waals surface area contributed by atoms with Crippen LogP contribution in [0.4, 0.5) is 4.39 Å². The van der Waals surface area contributed by atoms with E-state index in [1.807, 2.05) is 54.6 Å². The summed E-state index contributed by atoms with van der Waals surface area (Å²) in [5, 5.41) is 6.05. The molecule has 0 bridgehead atoms. The van der Waals surface area contributed by atoms with Gasteiger partial charge in [-0.2, -0.15) is 0 Å². The predicted octanol–water partition coefficient (Wildman–Crippen LogP) is 4.14. The lowest BCUT2D eigenvalue weighted by atomic mass is 10.0. The highest BCUT2D eigenvalue weighted by Crippen LogP contribution is 2.24. The molecule has 0 aliphatic carbocycles. The Kier molecular flexibility index (Phi) is 9.04. The van der Waals surface area contributed by atoms with Crippen LogP contribution < -0.4 is 10.6 Å². The lowest BCUT2D eigenvalue weighted by molar-refractivity contribution is -0.156. The highest BCUT2D eigenvalue weighted by atomic mass is 19.1. The van der Waals surface area contributed by atoms with E-state index in [-0.39, 0.29) is 5.92 Å². The van der Waals surface area contributed by atoms with Crippen LogP contribution in [0.2, 0.25) is 0 Å². The van der Waals surface area contributed by atoms with Crippen LogP contribution in [-0.4, -0.2) is 52.5 Å². The van der Waals surface area contributed by atoms with Crippen molar-refractivity contribution >= 4 is 34.5 Å². The number of aromatic nitrogens is 1. The van der Waals surface area contributed by atoms with Crippen LogP contribution in [0.5, 0.6) is 0 Å². The number of rotatable bonds is 10. The van der Waals surface area contributed by atoms with E-state index in [2.05, 4.69) is 10.6 Å². The van der Waals surface area contributed by atoms with Gasteiger partial charge in [0.1, 0.15) is 30.1 Å². The van der Waals surface area contributed by atoms with Gasteiger partial charge >= 0.3 is 5.97 Å². The van der Waals surface area contributed by atoms with Crippen molar-refractivity contribution < 1.29 is 28.3 Å². The van der Waals surface area contributed by atoms with E-state index in [0.29, 0.717) is 5.69 Å². The van der Waals surface area contributed by atoms with Crippen LogP contribution in [-0.2, 0) is 19.1 Å². The SMILES string of the molecule is CC(C)[C@H](NC(=O)c1cc2ccccc2n1-c1ccccc1)C(=O)NC(CC(=O)OC(C)(C)C)C(=O)CF. The number of ketones is 1. The first kappa shape index (κ1) is 28.6. The monoisotopic (exact) mass is 523 g/mol. The number of fused-ring (bicyclic) bond motifs is 1. The summed E-state index contributed by atoms with van der Waals surface area (Å²) >= 11 is 0. The Labute approximate surface area is 221 Å². The highest BCUT2D eigenvalue weighted by Gasteiger charge is 2.32. The van der Waals surface area contributed by atoms with Gasteiger partial charge in [0, 0.05) is 11.1 Å². The molecule has 1 heterocycles. The Morgan fingerprint density at radius 2 is 1.58 bits per heavy atom. The van der Waals surface area contributed by atoms with Gasteiger partial charge in [0.2, 0.25) is 5.91 Å². The maximum Gasteiger partial charge on any atom is 0.308 e. The Morgan fingerprint density at radius 1 is 0.947 bits per heavy atom. The fourth-order valence-electron chi connectivity index (χ4n) is 4.08. The van der Waals surface area contributed by atoms with E-state index in [1.54, 1.807) is 45.3 Å². The van der Waals surface area contributed by atoms with Crippen molar-refractivity contribution in [1.82, 2.24) is 15.2 Å². The number of esters is 1. The van der Waals surface area contributed by atoms with E-state index in [4.69, 9.17) is 4.74 Å². The van der Waals surface area contributed by atoms with Gasteiger partial charge in [0.05, 0.1) is 11.9 Å². The van der Waals surface area contributed by atoms with Gasteiger partial charge in [-0.15, -0.1) is 0 Å². The second-order valence-electron chi connectivity index (χ2n) is 10.4. The van der Waals surface area contributed by atoms with Crippen LogP contribution >= 0.6 is 0 Å². The molecule has 0 aliphatic heterocycles. The molecular formula is C29H34FN3O5. The smallest absolute Gasteiger partial charge is 0.308 e. The molecule has 9 heteroatoms. The van der Waals surface area contributed by atoms with Gasteiger partial charge in [-0.05, 0) is 51.0 Å². The number of hydrogen-bond donors (Lipinski definition) is 2. The number of Topliss-reactive ketones (excluding diaryl/α,β-unsaturated/α-hetero) is 1. The zero-order valence-electron chi connectivity index (χ0n) is 22.3. The molecule has 0 fully saturated rings. The molecule has 1 unspecified atom stereocenters. The van der Waals surface area contributed by atoms with Gasteiger partial charge in [-0.25, -0.2) is 4.39 Å². The Morgan fingerprint density at radius 3 is 2.18 bits per heavy atom. The number of alkyl halides is 1. The van der Waals surface area contributed by atoms with Crippen molar-refractivity contribution in [3.63, 3.8) is 0 Å².